The molecular formula is C12H17NO4. The highest BCUT2D eigenvalue weighted by Gasteiger charge is 2.18. The monoisotopic (exact) mass is 239 g/mol. The predicted octanol–water partition coefficient (Wildman–Crippen LogP) is 0.844. The molecule has 0 saturated carbocycles. The standard InChI is InChI=1S/C12H17NO4/c1-7(2)10(6-14)13-12(17)9-4-3-8(15)5-11(9)16/h3-5,7,10,14-16H,6H2,1-2H3,(H,13,17)/t10-/m1/s1. The van der Waals surface area contributed by atoms with Gasteiger partial charge >= 0.3 is 0 Å². The van der Waals surface area contributed by atoms with E-state index in [9.17, 15) is 9.90 Å². The fourth-order valence-corrected chi connectivity index (χ4v) is 1.38. The summed E-state index contributed by atoms with van der Waals surface area (Å²) in [6.45, 7) is 3.58. The summed E-state index contributed by atoms with van der Waals surface area (Å²) in [6, 6.07) is 3.38. The number of aliphatic hydroxyl groups is 1. The molecule has 0 radical (unpaired) electrons. The summed E-state index contributed by atoms with van der Waals surface area (Å²) < 4.78 is 0. The first-order valence-corrected chi connectivity index (χ1v) is 5.39. The van der Waals surface area contributed by atoms with Crippen molar-refractivity contribution < 1.29 is 20.1 Å². The largest absolute Gasteiger partial charge is 0.508 e. The van der Waals surface area contributed by atoms with E-state index >= 15 is 0 Å². The molecule has 0 fully saturated rings. The van der Waals surface area contributed by atoms with Gasteiger partial charge in [0.05, 0.1) is 18.2 Å². The van der Waals surface area contributed by atoms with E-state index in [-0.39, 0.29) is 35.6 Å². The van der Waals surface area contributed by atoms with Gasteiger partial charge in [0, 0.05) is 6.07 Å². The van der Waals surface area contributed by atoms with Crippen LogP contribution in [0.15, 0.2) is 18.2 Å². The number of hydrogen-bond acceptors (Lipinski definition) is 4. The van der Waals surface area contributed by atoms with Gasteiger partial charge in [-0.3, -0.25) is 4.79 Å². The average molecular weight is 239 g/mol. The lowest BCUT2D eigenvalue weighted by atomic mass is 10.0. The van der Waals surface area contributed by atoms with Crippen LogP contribution in [0.1, 0.15) is 24.2 Å². The lowest BCUT2D eigenvalue weighted by molar-refractivity contribution is 0.0894. The molecule has 0 aromatic heterocycles. The summed E-state index contributed by atoms with van der Waals surface area (Å²) in [5.41, 5.74) is 0.0712. The Morgan fingerprint density at radius 2 is 2.00 bits per heavy atom. The Labute approximate surface area is 99.7 Å². The van der Waals surface area contributed by atoms with Crippen molar-refractivity contribution in [1.29, 1.82) is 0 Å². The van der Waals surface area contributed by atoms with E-state index in [1.165, 1.54) is 12.1 Å². The van der Waals surface area contributed by atoms with Crippen LogP contribution >= 0.6 is 0 Å². The first-order chi connectivity index (χ1) is 7.95. The number of amides is 1. The van der Waals surface area contributed by atoms with Crippen LogP contribution in [0.5, 0.6) is 11.5 Å². The summed E-state index contributed by atoms with van der Waals surface area (Å²) in [7, 11) is 0. The van der Waals surface area contributed by atoms with Crippen LogP contribution < -0.4 is 5.32 Å². The second-order valence-corrected chi connectivity index (χ2v) is 4.21. The normalized spacial score (nSPS) is 12.5. The Hall–Kier alpha value is -1.75. The van der Waals surface area contributed by atoms with Gasteiger partial charge in [-0.15, -0.1) is 0 Å². The third kappa shape index (κ3) is 3.35. The number of aromatic hydroxyl groups is 2. The minimum Gasteiger partial charge on any atom is -0.508 e. The number of benzene rings is 1. The second-order valence-electron chi connectivity index (χ2n) is 4.21. The van der Waals surface area contributed by atoms with E-state index in [0.29, 0.717) is 0 Å². The zero-order valence-electron chi connectivity index (χ0n) is 9.84. The van der Waals surface area contributed by atoms with Gasteiger partial charge in [0.15, 0.2) is 0 Å². The van der Waals surface area contributed by atoms with Gasteiger partial charge in [-0.1, -0.05) is 13.8 Å². The van der Waals surface area contributed by atoms with Gasteiger partial charge in [0.25, 0.3) is 5.91 Å². The Morgan fingerprint density at radius 3 is 2.47 bits per heavy atom. The smallest absolute Gasteiger partial charge is 0.255 e. The van der Waals surface area contributed by atoms with Gasteiger partial charge in [0.2, 0.25) is 0 Å². The summed E-state index contributed by atoms with van der Waals surface area (Å²) >= 11 is 0. The van der Waals surface area contributed by atoms with E-state index in [0.717, 1.165) is 6.07 Å². The molecule has 0 aliphatic heterocycles. The molecule has 5 nitrogen and oxygen atoms in total. The molecule has 0 saturated heterocycles. The Bertz CT molecular complexity index is 403. The molecule has 0 bridgehead atoms. The fraction of sp³-hybridized carbons (Fsp3) is 0.417. The number of aliphatic hydroxyl groups excluding tert-OH is 1. The third-order valence-electron chi connectivity index (χ3n) is 2.54. The Kier molecular flexibility index (Phi) is 4.34. The van der Waals surface area contributed by atoms with E-state index < -0.39 is 5.91 Å². The maximum absolute atomic E-state index is 11.8. The van der Waals surface area contributed by atoms with Crippen LogP contribution in [0.3, 0.4) is 0 Å². The molecule has 17 heavy (non-hydrogen) atoms. The van der Waals surface area contributed by atoms with Gasteiger partial charge in [-0.25, -0.2) is 0 Å². The summed E-state index contributed by atoms with van der Waals surface area (Å²) in [5, 5.41) is 30.3. The highest BCUT2D eigenvalue weighted by Crippen LogP contribution is 2.22. The highest BCUT2D eigenvalue weighted by atomic mass is 16.3. The molecule has 94 valence electrons. The number of hydrogen-bond donors (Lipinski definition) is 4. The summed E-state index contributed by atoms with van der Waals surface area (Å²) in [5.74, 6) is -0.789. The molecular weight excluding hydrogens is 222 g/mol. The molecule has 1 aromatic rings. The molecule has 0 unspecified atom stereocenters. The zero-order chi connectivity index (χ0) is 13.0. The molecule has 0 heterocycles. The quantitative estimate of drug-likeness (QED) is 0.627. The van der Waals surface area contributed by atoms with Crippen molar-refractivity contribution in [2.75, 3.05) is 6.61 Å². The van der Waals surface area contributed by atoms with Crippen molar-refractivity contribution in [2.45, 2.75) is 19.9 Å². The number of phenols is 2. The van der Waals surface area contributed by atoms with Gasteiger partial charge in [-0.2, -0.15) is 0 Å². The van der Waals surface area contributed by atoms with Crippen molar-refractivity contribution in [1.82, 2.24) is 5.32 Å². The lowest BCUT2D eigenvalue weighted by Crippen LogP contribution is -2.41. The molecule has 1 aromatic carbocycles. The van der Waals surface area contributed by atoms with Gasteiger partial charge in [-0.05, 0) is 18.1 Å². The van der Waals surface area contributed by atoms with Gasteiger partial charge in [0.1, 0.15) is 11.5 Å². The van der Waals surface area contributed by atoms with Crippen LogP contribution in [-0.4, -0.2) is 33.9 Å². The second kappa shape index (κ2) is 5.54. The Balaban J connectivity index is 2.82. The molecule has 5 heteroatoms. The average Bonchev–Trinajstić information content (AvgIpc) is 2.24. The number of carbonyl (C=O) groups excluding carboxylic acids is 1. The SMILES string of the molecule is CC(C)[C@@H](CO)NC(=O)c1ccc(O)cc1O. The van der Waals surface area contributed by atoms with Crippen LogP contribution in [-0.2, 0) is 0 Å². The first kappa shape index (κ1) is 13.3. The molecule has 0 spiro atoms. The van der Waals surface area contributed by atoms with Crippen molar-refractivity contribution in [3.63, 3.8) is 0 Å². The summed E-state index contributed by atoms with van der Waals surface area (Å²) in [4.78, 5) is 11.8. The minimum atomic E-state index is -0.477. The molecule has 1 atom stereocenters. The number of phenolic OH excluding ortho intramolecular Hbond substituents is 2. The van der Waals surface area contributed by atoms with Crippen LogP contribution in [0.4, 0.5) is 0 Å². The third-order valence-corrected chi connectivity index (χ3v) is 2.54. The van der Waals surface area contributed by atoms with Crippen LogP contribution in [0.25, 0.3) is 0 Å². The number of rotatable bonds is 4. The molecule has 0 aliphatic carbocycles. The van der Waals surface area contributed by atoms with E-state index in [1.807, 2.05) is 13.8 Å². The van der Waals surface area contributed by atoms with Crippen molar-refractivity contribution >= 4 is 5.91 Å². The molecule has 4 N–H and O–H groups in total. The zero-order valence-corrected chi connectivity index (χ0v) is 9.84. The maximum Gasteiger partial charge on any atom is 0.255 e. The summed E-state index contributed by atoms with van der Waals surface area (Å²) in [6.07, 6.45) is 0. The molecule has 1 amide bonds. The van der Waals surface area contributed by atoms with Crippen LogP contribution in [0.2, 0.25) is 0 Å². The Morgan fingerprint density at radius 1 is 1.35 bits per heavy atom. The number of carbonyl (C=O) groups is 1. The van der Waals surface area contributed by atoms with E-state index in [1.54, 1.807) is 0 Å². The first-order valence-electron chi connectivity index (χ1n) is 5.39. The molecule has 0 aliphatic rings. The van der Waals surface area contributed by atoms with E-state index in [4.69, 9.17) is 10.2 Å². The molecule has 1 rings (SSSR count). The van der Waals surface area contributed by atoms with Crippen molar-refractivity contribution in [3.05, 3.63) is 23.8 Å². The van der Waals surface area contributed by atoms with Crippen molar-refractivity contribution in [3.8, 4) is 11.5 Å². The fourth-order valence-electron chi connectivity index (χ4n) is 1.38. The van der Waals surface area contributed by atoms with Crippen LogP contribution in [0, 0.1) is 5.92 Å². The van der Waals surface area contributed by atoms with E-state index in [2.05, 4.69) is 5.32 Å². The highest BCUT2D eigenvalue weighted by molar-refractivity contribution is 5.97. The minimum absolute atomic E-state index is 0.0712. The van der Waals surface area contributed by atoms with Crippen molar-refractivity contribution in [2.24, 2.45) is 5.92 Å². The predicted molar refractivity (Wildman–Crippen MR) is 62.9 cm³/mol. The maximum atomic E-state index is 11.8. The number of nitrogens with one attached hydrogen (secondary N) is 1. The lowest BCUT2D eigenvalue weighted by Gasteiger charge is -2.20. The topological polar surface area (TPSA) is 89.8 Å². The van der Waals surface area contributed by atoms with Gasteiger partial charge < -0.3 is 20.6 Å².